The van der Waals surface area contributed by atoms with Crippen LogP contribution in [0.1, 0.15) is 25.0 Å². The van der Waals surface area contributed by atoms with Crippen LogP contribution in [0.25, 0.3) is 6.08 Å². The summed E-state index contributed by atoms with van der Waals surface area (Å²) in [5.74, 6) is 0.519. The zero-order valence-electron chi connectivity index (χ0n) is 13.9. The van der Waals surface area contributed by atoms with Crippen LogP contribution in [0.15, 0.2) is 60.5 Å². The minimum absolute atomic E-state index is 0.0492. The number of halogens is 3. The summed E-state index contributed by atoms with van der Waals surface area (Å²) in [5.41, 5.74) is 1.77. The molecule has 0 amide bonds. The van der Waals surface area contributed by atoms with Crippen LogP contribution in [0.3, 0.4) is 0 Å². The highest BCUT2D eigenvalue weighted by molar-refractivity contribution is 9.11. The molecule has 0 aliphatic carbocycles. The second-order valence-corrected chi connectivity index (χ2v) is 8.36. The maximum absolute atomic E-state index is 12.2. The van der Waals surface area contributed by atoms with Gasteiger partial charge >= 0.3 is 5.97 Å². The minimum Gasteiger partial charge on any atom is -0.489 e. The first-order valence-corrected chi connectivity index (χ1v) is 10.2. The quantitative estimate of drug-likeness (QED) is 0.345. The predicted molar refractivity (Wildman–Crippen MR) is 112 cm³/mol. The average Bonchev–Trinajstić information content (AvgIpc) is 2.92. The van der Waals surface area contributed by atoms with Gasteiger partial charge in [-0.25, -0.2) is 9.79 Å². The molecule has 2 aromatic carbocycles. The van der Waals surface area contributed by atoms with E-state index in [4.69, 9.17) is 9.47 Å². The van der Waals surface area contributed by atoms with Gasteiger partial charge in [0.1, 0.15) is 5.75 Å². The van der Waals surface area contributed by atoms with E-state index in [0.717, 1.165) is 24.5 Å². The molecule has 0 unspecified atom stereocenters. The highest BCUT2D eigenvalue weighted by Crippen LogP contribution is 2.36. The van der Waals surface area contributed by atoms with Gasteiger partial charge < -0.3 is 9.47 Å². The summed E-state index contributed by atoms with van der Waals surface area (Å²) in [5, 5.41) is 0. The van der Waals surface area contributed by atoms with Gasteiger partial charge in [0.15, 0.2) is 5.70 Å². The monoisotopic (exact) mass is 541 g/mol. The number of carbonyl (C=O) groups excluding carboxylic acids is 1. The van der Waals surface area contributed by atoms with E-state index in [2.05, 4.69) is 52.8 Å². The van der Waals surface area contributed by atoms with Gasteiger partial charge in [-0.05, 0) is 97.5 Å². The number of nitrogens with zero attached hydrogens (tertiary/aromatic N) is 1. The van der Waals surface area contributed by atoms with Crippen LogP contribution >= 0.6 is 47.8 Å². The number of benzene rings is 2. The van der Waals surface area contributed by atoms with Gasteiger partial charge in [-0.3, -0.25) is 0 Å². The van der Waals surface area contributed by atoms with Crippen LogP contribution in [-0.4, -0.2) is 18.0 Å². The normalized spacial score (nSPS) is 15.4. The smallest absolute Gasteiger partial charge is 0.363 e. The maximum atomic E-state index is 12.2. The summed E-state index contributed by atoms with van der Waals surface area (Å²) in [7, 11) is 0. The third kappa shape index (κ3) is 4.27. The minimum atomic E-state index is -0.481. The fourth-order valence-corrected chi connectivity index (χ4v) is 4.19. The number of hydrogen-bond donors (Lipinski definition) is 0. The molecule has 0 atom stereocenters. The van der Waals surface area contributed by atoms with Crippen LogP contribution in [0.4, 0.5) is 0 Å². The summed E-state index contributed by atoms with van der Waals surface area (Å²) < 4.78 is 13.5. The van der Waals surface area contributed by atoms with Gasteiger partial charge in [0.2, 0.25) is 5.90 Å². The van der Waals surface area contributed by atoms with Crippen LogP contribution in [0.2, 0.25) is 0 Å². The Kier molecular flexibility index (Phi) is 5.99. The van der Waals surface area contributed by atoms with E-state index < -0.39 is 5.97 Å². The molecule has 0 aromatic heterocycles. The number of carbonyl (C=O) groups is 1. The van der Waals surface area contributed by atoms with Crippen molar-refractivity contribution in [1.29, 1.82) is 0 Å². The maximum Gasteiger partial charge on any atom is 0.363 e. The van der Waals surface area contributed by atoms with E-state index >= 15 is 0 Å². The second kappa shape index (κ2) is 8.06. The van der Waals surface area contributed by atoms with Crippen molar-refractivity contribution < 1.29 is 14.3 Å². The van der Waals surface area contributed by atoms with E-state index in [1.807, 2.05) is 50.2 Å². The molecule has 0 saturated carbocycles. The molecule has 0 spiro atoms. The first-order valence-electron chi connectivity index (χ1n) is 7.78. The summed E-state index contributed by atoms with van der Waals surface area (Å²) >= 11 is 10.5. The molecule has 1 heterocycles. The number of rotatable bonds is 4. The fraction of sp³-hybridized carbons (Fsp3) is 0.158. The molecule has 0 radical (unpaired) electrons. The molecule has 1 aliphatic heterocycles. The highest BCUT2D eigenvalue weighted by atomic mass is 79.9. The van der Waals surface area contributed by atoms with E-state index in [0.29, 0.717) is 5.75 Å². The van der Waals surface area contributed by atoms with Gasteiger partial charge in [-0.2, -0.15) is 0 Å². The summed E-state index contributed by atoms with van der Waals surface area (Å²) in [6.45, 7) is 3.92. The first kappa shape index (κ1) is 19.3. The van der Waals surface area contributed by atoms with Crippen molar-refractivity contribution in [1.82, 2.24) is 0 Å². The van der Waals surface area contributed by atoms with Crippen LogP contribution in [0, 0.1) is 0 Å². The zero-order valence-corrected chi connectivity index (χ0v) is 18.7. The van der Waals surface area contributed by atoms with E-state index in [1.54, 1.807) is 6.08 Å². The molecule has 0 fully saturated rings. The molecule has 2 aromatic rings. The second-order valence-electron chi connectivity index (χ2n) is 5.80. The van der Waals surface area contributed by atoms with Crippen molar-refractivity contribution >= 4 is 65.7 Å². The lowest BCUT2D eigenvalue weighted by atomic mass is 10.2. The number of ether oxygens (including phenoxy) is 2. The third-order valence-electron chi connectivity index (χ3n) is 3.40. The largest absolute Gasteiger partial charge is 0.489 e. The van der Waals surface area contributed by atoms with Gasteiger partial charge in [0.25, 0.3) is 0 Å². The molecular weight excluding hydrogens is 530 g/mol. The summed E-state index contributed by atoms with van der Waals surface area (Å²) in [4.78, 5) is 16.5. The Balaban J connectivity index is 1.95. The molecule has 7 heteroatoms. The Labute approximate surface area is 176 Å². The van der Waals surface area contributed by atoms with Crippen LogP contribution in [-0.2, 0) is 9.53 Å². The lowest BCUT2D eigenvalue weighted by Crippen LogP contribution is -2.06. The number of cyclic esters (lactones) is 1. The Hall–Kier alpha value is -1.44. The molecular formula is C19H14Br3NO3. The number of aliphatic imine (C=N–C) groups is 1. The van der Waals surface area contributed by atoms with Gasteiger partial charge in [-0.15, -0.1) is 0 Å². The van der Waals surface area contributed by atoms with Gasteiger partial charge in [-0.1, -0.05) is 12.1 Å². The van der Waals surface area contributed by atoms with Crippen molar-refractivity contribution in [3.05, 3.63) is 66.6 Å². The highest BCUT2D eigenvalue weighted by Gasteiger charge is 2.25. The molecule has 1 aliphatic rings. The van der Waals surface area contributed by atoms with Crippen LogP contribution in [0.5, 0.6) is 5.75 Å². The molecule has 134 valence electrons. The zero-order chi connectivity index (χ0) is 18.8. The number of hydrogen-bond acceptors (Lipinski definition) is 4. The fourth-order valence-electron chi connectivity index (χ4n) is 2.33. The van der Waals surface area contributed by atoms with Gasteiger partial charge in [0.05, 0.1) is 20.6 Å². The van der Waals surface area contributed by atoms with Crippen LogP contribution < -0.4 is 4.74 Å². The average molecular weight is 544 g/mol. The SMILES string of the molecule is CC(C)Oc1c(Br)cc(/C=C2\N=C(c3ccccc3Br)OC2=O)cc1Br. The summed E-state index contributed by atoms with van der Waals surface area (Å²) in [6.07, 6.45) is 1.73. The van der Waals surface area contributed by atoms with Crippen molar-refractivity contribution in [3.8, 4) is 5.75 Å². The lowest BCUT2D eigenvalue weighted by Gasteiger charge is -2.14. The lowest BCUT2D eigenvalue weighted by molar-refractivity contribution is -0.129. The standard InChI is InChI=1S/C19H14Br3NO3/c1-10(2)25-17-14(21)7-11(8-15(17)22)9-16-19(24)26-18(23-16)12-5-3-4-6-13(12)20/h3-10H,1-2H3/b16-9-. The Morgan fingerprint density at radius 3 is 2.35 bits per heavy atom. The number of esters is 1. The van der Waals surface area contributed by atoms with Crippen molar-refractivity contribution in [3.63, 3.8) is 0 Å². The molecule has 0 N–H and O–H groups in total. The molecule has 3 rings (SSSR count). The Bertz CT molecular complexity index is 912. The predicted octanol–water partition coefficient (Wildman–Crippen LogP) is 6.11. The van der Waals surface area contributed by atoms with E-state index in [-0.39, 0.29) is 17.7 Å². The molecule has 0 bridgehead atoms. The van der Waals surface area contributed by atoms with Crippen molar-refractivity contribution in [2.45, 2.75) is 20.0 Å². The van der Waals surface area contributed by atoms with Gasteiger partial charge in [0, 0.05) is 4.47 Å². The van der Waals surface area contributed by atoms with E-state index in [9.17, 15) is 4.79 Å². The first-order chi connectivity index (χ1) is 12.3. The molecule has 26 heavy (non-hydrogen) atoms. The van der Waals surface area contributed by atoms with Crippen molar-refractivity contribution in [2.75, 3.05) is 0 Å². The molecule has 4 nitrogen and oxygen atoms in total. The van der Waals surface area contributed by atoms with Crippen molar-refractivity contribution in [2.24, 2.45) is 4.99 Å². The summed E-state index contributed by atoms with van der Waals surface area (Å²) in [6, 6.07) is 11.2. The Morgan fingerprint density at radius 1 is 1.08 bits per heavy atom. The molecule has 0 saturated heterocycles. The van der Waals surface area contributed by atoms with E-state index in [1.165, 1.54) is 0 Å². The Morgan fingerprint density at radius 2 is 1.73 bits per heavy atom. The topological polar surface area (TPSA) is 47.9 Å². The third-order valence-corrected chi connectivity index (χ3v) is 5.27.